The number of nitrogen functional groups attached to an aromatic ring is 2. The Morgan fingerprint density at radius 1 is 0.889 bits per heavy atom. The van der Waals surface area contributed by atoms with Gasteiger partial charge in [0.25, 0.3) is 0 Å². The average Bonchev–Trinajstić information content (AvgIpc) is 3.26. The molecular formula is C20H20N4O2Si. The number of anilines is 2. The Balaban J connectivity index is 1.46. The molecule has 4 rings (SSSR count). The smallest absolute Gasteiger partial charge is 0.170 e. The maximum Gasteiger partial charge on any atom is 0.170 e. The van der Waals surface area contributed by atoms with Gasteiger partial charge in [-0.1, -0.05) is 29.4 Å². The fourth-order valence-electron chi connectivity index (χ4n) is 2.99. The van der Waals surface area contributed by atoms with Crippen molar-refractivity contribution in [1.82, 2.24) is 10.1 Å². The molecule has 136 valence electrons. The summed E-state index contributed by atoms with van der Waals surface area (Å²) >= 11 is 0. The molecule has 0 aliphatic carbocycles. The summed E-state index contributed by atoms with van der Waals surface area (Å²) in [7, 11) is 0.937. The van der Waals surface area contributed by atoms with Gasteiger partial charge in [-0.15, -0.1) is 0 Å². The maximum atomic E-state index is 5.91. The van der Waals surface area contributed by atoms with Crippen LogP contribution in [0.5, 0.6) is 0 Å². The Bertz CT molecular complexity index is 1070. The highest BCUT2D eigenvalue weighted by molar-refractivity contribution is 6.29. The van der Waals surface area contributed by atoms with Crippen LogP contribution in [0.15, 0.2) is 63.5 Å². The molecular weight excluding hydrogens is 356 g/mol. The highest BCUT2D eigenvalue weighted by Gasteiger charge is 2.11. The summed E-state index contributed by atoms with van der Waals surface area (Å²) in [6.07, 6.45) is 1.48. The van der Waals surface area contributed by atoms with Gasteiger partial charge in [0.1, 0.15) is 17.4 Å². The van der Waals surface area contributed by atoms with E-state index in [-0.39, 0.29) is 0 Å². The second-order valence-electron chi connectivity index (χ2n) is 6.53. The van der Waals surface area contributed by atoms with Crippen LogP contribution in [0.4, 0.5) is 11.6 Å². The zero-order valence-corrected chi connectivity index (χ0v) is 17.0. The van der Waals surface area contributed by atoms with Crippen molar-refractivity contribution < 1.29 is 8.94 Å². The van der Waals surface area contributed by atoms with Crippen molar-refractivity contribution in [1.29, 1.82) is 0 Å². The Hall–Kier alpha value is -3.32. The molecule has 0 aliphatic rings. The minimum absolute atomic E-state index is 0.331. The first-order valence-electron chi connectivity index (χ1n) is 8.68. The van der Waals surface area contributed by atoms with Crippen LogP contribution in [0.2, 0.25) is 0 Å². The van der Waals surface area contributed by atoms with Gasteiger partial charge in [-0.2, -0.15) is 0 Å². The SMILES string of the molecule is Nc1ccc(-c2cc(Cc3ccc(Cc4ccc([SiH3])o4)cc3)no2)c(N)n1. The van der Waals surface area contributed by atoms with Crippen LogP contribution < -0.4 is 16.9 Å². The Morgan fingerprint density at radius 3 is 2.30 bits per heavy atom. The lowest BCUT2D eigenvalue weighted by molar-refractivity contribution is 0.425. The molecule has 7 heteroatoms. The molecule has 0 radical (unpaired) electrons. The molecule has 27 heavy (non-hydrogen) atoms. The normalized spacial score (nSPS) is 11.1. The van der Waals surface area contributed by atoms with E-state index in [1.54, 1.807) is 12.1 Å². The molecule has 0 fully saturated rings. The van der Waals surface area contributed by atoms with Gasteiger partial charge in [0.2, 0.25) is 0 Å². The molecule has 0 bridgehead atoms. The number of aromatic nitrogens is 2. The largest absolute Gasteiger partial charge is 0.472 e. The van der Waals surface area contributed by atoms with Crippen molar-refractivity contribution in [3.8, 4) is 11.3 Å². The molecule has 0 amide bonds. The minimum atomic E-state index is 0.331. The summed E-state index contributed by atoms with van der Waals surface area (Å²) < 4.78 is 11.1. The molecule has 3 aromatic heterocycles. The van der Waals surface area contributed by atoms with Crippen LogP contribution in [0.3, 0.4) is 0 Å². The monoisotopic (exact) mass is 376 g/mol. The zero-order valence-electron chi connectivity index (χ0n) is 15.0. The lowest BCUT2D eigenvalue weighted by Gasteiger charge is -2.02. The van der Waals surface area contributed by atoms with Gasteiger partial charge in [-0.05, 0) is 35.4 Å². The predicted molar refractivity (Wildman–Crippen MR) is 109 cm³/mol. The summed E-state index contributed by atoms with van der Waals surface area (Å²) in [6.45, 7) is 0. The maximum absolute atomic E-state index is 5.91. The van der Waals surface area contributed by atoms with Gasteiger partial charge in [0.15, 0.2) is 5.76 Å². The Morgan fingerprint density at radius 2 is 1.63 bits per heavy atom. The lowest BCUT2D eigenvalue weighted by atomic mass is 10.0. The third-order valence-electron chi connectivity index (χ3n) is 4.35. The number of hydrogen-bond acceptors (Lipinski definition) is 6. The minimum Gasteiger partial charge on any atom is -0.472 e. The van der Waals surface area contributed by atoms with Crippen LogP contribution in [0, 0.1) is 0 Å². The zero-order chi connectivity index (χ0) is 18.8. The van der Waals surface area contributed by atoms with Crippen molar-refractivity contribution in [3.05, 3.63) is 77.2 Å². The van der Waals surface area contributed by atoms with Crippen molar-refractivity contribution in [3.63, 3.8) is 0 Å². The number of rotatable bonds is 5. The lowest BCUT2D eigenvalue weighted by Crippen LogP contribution is -1.97. The molecule has 0 saturated heterocycles. The van der Waals surface area contributed by atoms with E-state index in [1.807, 2.05) is 18.2 Å². The number of pyridine rings is 1. The number of benzene rings is 1. The van der Waals surface area contributed by atoms with E-state index < -0.39 is 0 Å². The fourth-order valence-corrected chi connectivity index (χ4v) is 3.42. The summed E-state index contributed by atoms with van der Waals surface area (Å²) in [4.78, 5) is 4.05. The van der Waals surface area contributed by atoms with E-state index in [1.165, 1.54) is 5.56 Å². The number of nitrogens with zero attached hydrogens (tertiary/aromatic N) is 2. The van der Waals surface area contributed by atoms with Crippen LogP contribution in [-0.2, 0) is 12.8 Å². The van der Waals surface area contributed by atoms with Crippen LogP contribution in [-0.4, -0.2) is 20.4 Å². The van der Waals surface area contributed by atoms with Gasteiger partial charge in [-0.25, -0.2) is 4.98 Å². The van der Waals surface area contributed by atoms with E-state index >= 15 is 0 Å². The van der Waals surface area contributed by atoms with Crippen molar-refractivity contribution in [2.24, 2.45) is 0 Å². The van der Waals surface area contributed by atoms with E-state index in [9.17, 15) is 0 Å². The van der Waals surface area contributed by atoms with Gasteiger partial charge in [0.05, 0.1) is 26.9 Å². The molecule has 1 aromatic carbocycles. The molecule has 0 unspecified atom stereocenters. The van der Waals surface area contributed by atoms with Crippen LogP contribution in [0.1, 0.15) is 22.6 Å². The molecule has 6 nitrogen and oxygen atoms in total. The molecule has 0 saturated carbocycles. The van der Waals surface area contributed by atoms with E-state index in [4.69, 9.17) is 20.4 Å². The van der Waals surface area contributed by atoms with Gasteiger partial charge < -0.3 is 20.4 Å². The molecule has 0 spiro atoms. The van der Waals surface area contributed by atoms with Crippen molar-refractivity contribution in [2.45, 2.75) is 12.8 Å². The Kier molecular flexibility index (Phi) is 4.51. The predicted octanol–water partition coefficient (Wildman–Crippen LogP) is 1.67. The molecule has 0 atom stereocenters. The molecule has 4 aromatic rings. The second-order valence-corrected chi connectivity index (χ2v) is 7.52. The molecule has 0 aliphatic heterocycles. The number of nitrogens with two attached hydrogens (primary N) is 2. The Labute approximate surface area is 159 Å². The summed E-state index contributed by atoms with van der Waals surface area (Å²) in [5.41, 5.74) is 15.4. The van der Waals surface area contributed by atoms with E-state index in [0.717, 1.165) is 39.1 Å². The average molecular weight is 376 g/mol. The summed E-state index contributed by atoms with van der Waals surface area (Å²) in [6, 6.07) is 17.9. The summed E-state index contributed by atoms with van der Waals surface area (Å²) in [5, 5.41) is 5.21. The van der Waals surface area contributed by atoms with Crippen LogP contribution in [0.25, 0.3) is 11.3 Å². The van der Waals surface area contributed by atoms with Crippen molar-refractivity contribution >= 4 is 27.3 Å². The standard InChI is InChI=1S/C20H20N4O2Si/c21-18-7-6-16(20(22)23-18)17-11-14(24-26-17)9-12-1-3-13(4-2-12)10-15-5-8-19(27)25-15/h1-8,11H,9-10H2,27H3,(H4,21,22,23). The van der Waals surface area contributed by atoms with Gasteiger partial charge in [0, 0.05) is 18.9 Å². The highest BCUT2D eigenvalue weighted by Crippen LogP contribution is 2.26. The third kappa shape index (κ3) is 3.93. The van der Waals surface area contributed by atoms with Crippen molar-refractivity contribution in [2.75, 3.05) is 11.5 Å². The van der Waals surface area contributed by atoms with Crippen LogP contribution >= 0.6 is 0 Å². The highest BCUT2D eigenvalue weighted by atomic mass is 28.1. The second kappa shape index (κ2) is 7.12. The third-order valence-corrected chi connectivity index (χ3v) is 4.89. The first-order valence-corrected chi connectivity index (χ1v) is 9.68. The first-order chi connectivity index (χ1) is 13.1. The summed E-state index contributed by atoms with van der Waals surface area (Å²) in [5.74, 6) is 2.30. The van der Waals surface area contributed by atoms with E-state index in [2.05, 4.69) is 34.4 Å². The van der Waals surface area contributed by atoms with Gasteiger partial charge >= 0.3 is 0 Å². The van der Waals surface area contributed by atoms with Gasteiger partial charge in [-0.3, -0.25) is 0 Å². The topological polar surface area (TPSA) is 104 Å². The molecule has 4 N–H and O–H groups in total. The fraction of sp³-hybridized carbons (Fsp3) is 0.100. The first kappa shape index (κ1) is 17.1. The quantitative estimate of drug-likeness (QED) is 0.514. The number of furan rings is 1. The van der Waals surface area contributed by atoms with E-state index in [0.29, 0.717) is 29.4 Å². The number of hydrogen-bond donors (Lipinski definition) is 2. The molecule has 3 heterocycles.